The first-order valence-corrected chi connectivity index (χ1v) is 15.5. The van der Waals surface area contributed by atoms with E-state index in [1.54, 1.807) is 48.5 Å². The second-order valence-corrected chi connectivity index (χ2v) is 11.5. The second kappa shape index (κ2) is 13.9. The number of nitrogens with zero attached hydrogens (tertiary/aromatic N) is 3. The van der Waals surface area contributed by atoms with Crippen LogP contribution >= 0.6 is 0 Å². The fraction of sp³-hybridized carbons (Fsp3) is 0.243. The van der Waals surface area contributed by atoms with Gasteiger partial charge in [0, 0.05) is 31.0 Å². The Bertz CT molecular complexity index is 1800. The molecule has 0 spiro atoms. The molecule has 3 amide bonds. The summed E-state index contributed by atoms with van der Waals surface area (Å²) in [6.07, 6.45) is 0. The van der Waals surface area contributed by atoms with Crippen LogP contribution in [0.25, 0.3) is 0 Å². The van der Waals surface area contributed by atoms with Crippen LogP contribution in [0.3, 0.4) is 0 Å². The van der Waals surface area contributed by atoms with Gasteiger partial charge < -0.3 is 24.6 Å². The van der Waals surface area contributed by atoms with Crippen molar-refractivity contribution in [1.82, 2.24) is 4.90 Å². The van der Waals surface area contributed by atoms with Gasteiger partial charge in [-0.15, -0.1) is 0 Å². The highest BCUT2D eigenvalue weighted by molar-refractivity contribution is 6.52. The molecule has 0 radical (unpaired) electrons. The number of fused-ring (bicyclic) bond motifs is 1. The van der Waals surface area contributed by atoms with Crippen molar-refractivity contribution in [2.24, 2.45) is 0 Å². The molecule has 4 aromatic carbocycles. The van der Waals surface area contributed by atoms with E-state index in [1.165, 1.54) is 16.9 Å². The lowest BCUT2D eigenvalue weighted by Crippen LogP contribution is -2.46. The molecule has 240 valence electrons. The van der Waals surface area contributed by atoms with Gasteiger partial charge in [-0.3, -0.25) is 24.1 Å². The number of rotatable bonds is 10. The zero-order valence-corrected chi connectivity index (χ0v) is 26.3. The van der Waals surface area contributed by atoms with Crippen LogP contribution in [-0.4, -0.2) is 68.4 Å². The van der Waals surface area contributed by atoms with Gasteiger partial charge in [-0.05, 0) is 72.1 Å². The lowest BCUT2D eigenvalue weighted by molar-refractivity contribution is -0.139. The number of aryl methyl sites for hydroxylation is 1. The minimum atomic E-state index is -1.11. The van der Waals surface area contributed by atoms with E-state index in [0.29, 0.717) is 35.9 Å². The van der Waals surface area contributed by atoms with E-state index in [0.717, 1.165) is 29.9 Å². The quantitative estimate of drug-likeness (QED) is 0.251. The highest BCUT2D eigenvalue weighted by Crippen LogP contribution is 2.32. The van der Waals surface area contributed by atoms with E-state index >= 15 is 0 Å². The average molecular weight is 633 g/mol. The molecule has 10 nitrogen and oxygen atoms in total. The molecule has 1 saturated heterocycles. The number of Topliss-reactive ketones (excluding diaryl/α,β-unsaturated/α-hetero) is 1. The van der Waals surface area contributed by atoms with E-state index in [4.69, 9.17) is 9.47 Å². The predicted molar refractivity (Wildman–Crippen MR) is 179 cm³/mol. The molecule has 0 saturated carbocycles. The van der Waals surface area contributed by atoms with Crippen LogP contribution < -0.4 is 19.9 Å². The van der Waals surface area contributed by atoms with Crippen molar-refractivity contribution < 1.29 is 28.7 Å². The second-order valence-electron chi connectivity index (χ2n) is 11.5. The van der Waals surface area contributed by atoms with Gasteiger partial charge in [-0.25, -0.2) is 0 Å². The summed E-state index contributed by atoms with van der Waals surface area (Å²) in [6.45, 7) is 4.49. The minimum absolute atomic E-state index is 0.0778. The van der Waals surface area contributed by atoms with Gasteiger partial charge in [0.2, 0.25) is 5.91 Å². The zero-order valence-electron chi connectivity index (χ0n) is 26.3. The van der Waals surface area contributed by atoms with E-state index < -0.39 is 36.1 Å². The standard InChI is InChI=1S/C37H36N4O6/c1-25-8-3-4-9-27(25)23-41(33(42)24-40-32-13-6-5-12-31(32)35(43)37(40)45)34(26-10-7-11-30(22-26)46-2)36(44)38-28-14-16-29(17-15-28)39-18-20-47-21-19-39/h3-17,22,34H,18-21,23-24H2,1-2H3,(H,38,44). The number of benzene rings is 4. The Balaban J connectivity index is 1.36. The van der Waals surface area contributed by atoms with Gasteiger partial charge in [0.1, 0.15) is 18.3 Å². The Morgan fingerprint density at radius 2 is 1.64 bits per heavy atom. The fourth-order valence-electron chi connectivity index (χ4n) is 6.00. The third kappa shape index (κ3) is 6.73. The predicted octanol–water partition coefficient (Wildman–Crippen LogP) is 4.78. The molecule has 0 bridgehead atoms. The Morgan fingerprint density at radius 1 is 0.915 bits per heavy atom. The summed E-state index contributed by atoms with van der Waals surface area (Å²) in [6, 6.07) is 27.7. The van der Waals surface area contributed by atoms with Crippen molar-refractivity contribution in [2.75, 3.05) is 55.1 Å². The molecule has 0 aliphatic carbocycles. The van der Waals surface area contributed by atoms with E-state index in [9.17, 15) is 19.2 Å². The zero-order chi connectivity index (χ0) is 32.9. The molecule has 1 atom stereocenters. The summed E-state index contributed by atoms with van der Waals surface area (Å²) in [7, 11) is 1.54. The molecular formula is C37H36N4O6. The van der Waals surface area contributed by atoms with Gasteiger partial charge in [-0.2, -0.15) is 0 Å². The maximum absolute atomic E-state index is 14.4. The molecule has 1 N–H and O–H groups in total. The smallest absolute Gasteiger partial charge is 0.299 e. The third-order valence-electron chi connectivity index (χ3n) is 8.58. The number of hydrogen-bond donors (Lipinski definition) is 1. The van der Waals surface area contributed by atoms with Crippen LogP contribution in [0.2, 0.25) is 0 Å². The molecule has 47 heavy (non-hydrogen) atoms. The lowest BCUT2D eigenvalue weighted by atomic mass is 10.0. The van der Waals surface area contributed by atoms with Gasteiger partial charge in [-0.1, -0.05) is 48.5 Å². The van der Waals surface area contributed by atoms with Crippen molar-refractivity contribution in [3.05, 3.63) is 119 Å². The molecule has 0 aromatic heterocycles. The van der Waals surface area contributed by atoms with Crippen LogP contribution in [0.1, 0.15) is 33.1 Å². The topological polar surface area (TPSA) is 108 Å². The van der Waals surface area contributed by atoms with Crippen molar-refractivity contribution in [3.63, 3.8) is 0 Å². The molecule has 2 aliphatic rings. The van der Waals surface area contributed by atoms with Crippen LogP contribution in [0.15, 0.2) is 97.1 Å². The number of para-hydroxylation sites is 1. The Morgan fingerprint density at radius 3 is 2.38 bits per heavy atom. The number of methoxy groups -OCH3 is 1. The number of nitrogens with one attached hydrogen (secondary N) is 1. The van der Waals surface area contributed by atoms with Crippen molar-refractivity contribution in [3.8, 4) is 5.75 Å². The van der Waals surface area contributed by atoms with E-state index in [2.05, 4.69) is 10.2 Å². The average Bonchev–Trinajstić information content (AvgIpc) is 3.34. The van der Waals surface area contributed by atoms with Crippen LogP contribution in [0, 0.1) is 6.92 Å². The molecular weight excluding hydrogens is 596 g/mol. The molecule has 6 rings (SSSR count). The Kier molecular flexibility index (Phi) is 9.30. The number of hydrogen-bond acceptors (Lipinski definition) is 7. The molecule has 10 heteroatoms. The van der Waals surface area contributed by atoms with Gasteiger partial charge in [0.05, 0.1) is 31.6 Å². The van der Waals surface area contributed by atoms with Gasteiger partial charge >= 0.3 is 0 Å². The maximum Gasteiger partial charge on any atom is 0.299 e. The number of ether oxygens (including phenoxy) is 2. The monoisotopic (exact) mass is 632 g/mol. The maximum atomic E-state index is 14.4. The van der Waals surface area contributed by atoms with Crippen molar-refractivity contribution in [2.45, 2.75) is 19.5 Å². The SMILES string of the molecule is COc1cccc(C(C(=O)Nc2ccc(N3CCOCC3)cc2)N(Cc2ccccc2C)C(=O)CN2C(=O)C(=O)c3ccccc32)c1. The molecule has 1 unspecified atom stereocenters. The first kappa shape index (κ1) is 31.5. The van der Waals surface area contributed by atoms with E-state index in [-0.39, 0.29) is 12.1 Å². The van der Waals surface area contributed by atoms with Crippen molar-refractivity contribution >= 4 is 40.6 Å². The number of morpholine rings is 1. The van der Waals surface area contributed by atoms with Gasteiger partial charge in [0.25, 0.3) is 17.6 Å². The lowest BCUT2D eigenvalue weighted by Gasteiger charge is -2.33. The number of anilines is 3. The number of carbonyl (C=O) groups excluding carboxylic acids is 4. The largest absolute Gasteiger partial charge is 0.497 e. The highest BCUT2D eigenvalue weighted by atomic mass is 16.5. The van der Waals surface area contributed by atoms with Crippen LogP contribution in [0.4, 0.5) is 17.1 Å². The van der Waals surface area contributed by atoms with Gasteiger partial charge in [0.15, 0.2) is 0 Å². The molecule has 2 aliphatic heterocycles. The fourth-order valence-corrected chi connectivity index (χ4v) is 6.00. The molecule has 2 heterocycles. The van der Waals surface area contributed by atoms with Crippen LogP contribution in [0.5, 0.6) is 5.75 Å². The number of amides is 3. The number of carbonyl (C=O) groups is 4. The minimum Gasteiger partial charge on any atom is -0.497 e. The first-order valence-electron chi connectivity index (χ1n) is 15.5. The summed E-state index contributed by atoms with van der Waals surface area (Å²) in [4.78, 5) is 59.5. The van der Waals surface area contributed by atoms with Crippen LogP contribution in [-0.2, 0) is 25.7 Å². The number of ketones is 1. The molecule has 1 fully saturated rings. The van der Waals surface area contributed by atoms with E-state index in [1.807, 2.05) is 55.5 Å². The van der Waals surface area contributed by atoms with Crippen molar-refractivity contribution in [1.29, 1.82) is 0 Å². The Hall–Kier alpha value is -5.48. The summed E-state index contributed by atoms with van der Waals surface area (Å²) < 4.78 is 11.0. The highest BCUT2D eigenvalue weighted by Gasteiger charge is 2.39. The summed E-state index contributed by atoms with van der Waals surface area (Å²) in [5.74, 6) is -1.87. The third-order valence-corrected chi connectivity index (χ3v) is 8.58. The normalized spacial score (nSPS) is 14.9. The summed E-state index contributed by atoms with van der Waals surface area (Å²) >= 11 is 0. The molecule has 4 aromatic rings. The Labute approximate surface area is 273 Å². The first-order chi connectivity index (χ1) is 22.8. The summed E-state index contributed by atoms with van der Waals surface area (Å²) in [5.41, 5.74) is 4.51. The summed E-state index contributed by atoms with van der Waals surface area (Å²) in [5, 5.41) is 3.02.